The van der Waals surface area contributed by atoms with Crippen LogP contribution < -0.4 is 5.73 Å². The van der Waals surface area contributed by atoms with Crippen molar-refractivity contribution < 1.29 is 14.3 Å². The molecule has 17 heavy (non-hydrogen) atoms. The number of carbonyl (C=O) groups is 2. The molecule has 0 aromatic heterocycles. The fraction of sp³-hybridized carbons (Fsp3) is 0.833. The van der Waals surface area contributed by atoms with E-state index in [1.54, 1.807) is 4.90 Å². The highest BCUT2D eigenvalue weighted by Crippen LogP contribution is 2.42. The van der Waals surface area contributed by atoms with Crippen molar-refractivity contribution in [3.05, 3.63) is 0 Å². The van der Waals surface area contributed by atoms with Gasteiger partial charge in [-0.1, -0.05) is 0 Å². The number of hydrogen-bond donors (Lipinski definition) is 1. The first-order valence-corrected chi connectivity index (χ1v) is 6.10. The average Bonchev–Trinajstić information content (AvgIpc) is 2.72. The van der Waals surface area contributed by atoms with Gasteiger partial charge in [-0.15, -0.1) is 0 Å². The van der Waals surface area contributed by atoms with Crippen molar-refractivity contribution in [2.75, 3.05) is 0 Å². The molecule has 1 saturated heterocycles. The maximum Gasteiger partial charge on any atom is 0.411 e. The minimum absolute atomic E-state index is 0.132. The SMILES string of the molecule is CC(C)(C)OC(=O)N1[C@@H]2CC[C@@H](C2)[C@H]1C(N)=O. The van der Waals surface area contributed by atoms with Crippen LogP contribution in [0.25, 0.3) is 0 Å². The number of rotatable bonds is 1. The van der Waals surface area contributed by atoms with Crippen LogP contribution in [0.1, 0.15) is 40.0 Å². The lowest BCUT2D eigenvalue weighted by atomic mass is 9.98. The second-order valence-electron chi connectivity index (χ2n) is 5.96. The molecule has 2 fully saturated rings. The van der Waals surface area contributed by atoms with Crippen LogP contribution in [-0.2, 0) is 9.53 Å². The molecule has 3 atom stereocenters. The lowest BCUT2D eigenvalue weighted by molar-refractivity contribution is -0.124. The Balaban J connectivity index is 2.14. The minimum Gasteiger partial charge on any atom is -0.444 e. The molecule has 2 aliphatic rings. The zero-order valence-electron chi connectivity index (χ0n) is 10.6. The summed E-state index contributed by atoms with van der Waals surface area (Å²) in [5.74, 6) is -0.187. The molecule has 5 nitrogen and oxygen atoms in total. The van der Waals surface area contributed by atoms with Gasteiger partial charge in [0.25, 0.3) is 0 Å². The van der Waals surface area contributed by atoms with Crippen molar-refractivity contribution in [3.8, 4) is 0 Å². The maximum absolute atomic E-state index is 12.1. The topological polar surface area (TPSA) is 72.6 Å². The van der Waals surface area contributed by atoms with Crippen LogP contribution >= 0.6 is 0 Å². The van der Waals surface area contributed by atoms with E-state index in [1.165, 1.54) is 0 Å². The molecule has 1 aliphatic carbocycles. The van der Waals surface area contributed by atoms with Gasteiger partial charge < -0.3 is 10.5 Å². The molecule has 0 unspecified atom stereocenters. The summed E-state index contributed by atoms with van der Waals surface area (Å²) in [7, 11) is 0. The highest BCUT2D eigenvalue weighted by molar-refractivity contribution is 5.86. The Morgan fingerprint density at radius 2 is 1.94 bits per heavy atom. The predicted molar refractivity (Wildman–Crippen MR) is 62.2 cm³/mol. The van der Waals surface area contributed by atoms with E-state index >= 15 is 0 Å². The number of primary amides is 1. The zero-order valence-corrected chi connectivity index (χ0v) is 10.6. The Labute approximate surface area is 101 Å². The quantitative estimate of drug-likeness (QED) is 0.750. The summed E-state index contributed by atoms with van der Waals surface area (Å²) >= 11 is 0. The van der Waals surface area contributed by atoms with E-state index in [4.69, 9.17) is 10.5 Å². The number of amides is 2. The zero-order chi connectivity index (χ0) is 12.8. The molecule has 0 radical (unpaired) electrons. The molecule has 0 spiro atoms. The van der Waals surface area contributed by atoms with E-state index in [2.05, 4.69) is 0 Å². The fourth-order valence-corrected chi connectivity index (χ4v) is 2.93. The smallest absolute Gasteiger partial charge is 0.411 e. The van der Waals surface area contributed by atoms with Crippen molar-refractivity contribution in [3.63, 3.8) is 0 Å². The third kappa shape index (κ3) is 2.23. The van der Waals surface area contributed by atoms with Crippen molar-refractivity contribution in [2.45, 2.75) is 57.7 Å². The molecule has 2 rings (SSSR count). The lowest BCUT2D eigenvalue weighted by Gasteiger charge is -2.34. The summed E-state index contributed by atoms with van der Waals surface area (Å²) in [5, 5.41) is 0. The summed E-state index contributed by atoms with van der Waals surface area (Å²) in [6, 6.07) is -0.337. The Bertz CT molecular complexity index is 348. The molecule has 1 heterocycles. The third-order valence-electron chi connectivity index (χ3n) is 3.48. The van der Waals surface area contributed by atoms with Gasteiger partial charge in [0.05, 0.1) is 0 Å². The molecule has 5 heteroatoms. The Morgan fingerprint density at radius 1 is 1.29 bits per heavy atom. The minimum atomic E-state index is -0.541. The number of nitrogens with zero attached hydrogens (tertiary/aromatic N) is 1. The van der Waals surface area contributed by atoms with Crippen molar-refractivity contribution >= 4 is 12.0 Å². The molecule has 0 aromatic rings. The number of fused-ring (bicyclic) bond motifs is 2. The van der Waals surface area contributed by atoms with E-state index < -0.39 is 23.6 Å². The van der Waals surface area contributed by atoms with Gasteiger partial charge in [0.2, 0.25) is 5.91 Å². The van der Waals surface area contributed by atoms with E-state index in [0.29, 0.717) is 0 Å². The molecular formula is C12H20N2O3. The van der Waals surface area contributed by atoms with Crippen molar-refractivity contribution in [1.29, 1.82) is 0 Å². The monoisotopic (exact) mass is 240 g/mol. The predicted octanol–water partition coefficient (Wildman–Crippen LogP) is 1.26. The van der Waals surface area contributed by atoms with E-state index in [1.807, 2.05) is 20.8 Å². The number of piperidine rings is 1. The second-order valence-corrected chi connectivity index (χ2v) is 5.96. The molecule has 0 aromatic carbocycles. The molecule has 1 aliphatic heterocycles. The Morgan fingerprint density at radius 3 is 2.47 bits per heavy atom. The van der Waals surface area contributed by atoms with Crippen LogP contribution in [0.3, 0.4) is 0 Å². The highest BCUT2D eigenvalue weighted by Gasteiger charge is 2.51. The van der Waals surface area contributed by atoms with Crippen molar-refractivity contribution in [2.24, 2.45) is 11.7 Å². The standard InChI is InChI=1S/C12H20N2O3/c1-12(2,3)17-11(16)14-8-5-4-7(6-8)9(14)10(13)15/h7-9H,4-6H2,1-3H3,(H2,13,15)/t7-,8+,9-/m0/s1. The van der Waals surface area contributed by atoms with Crippen LogP contribution in [-0.4, -0.2) is 34.6 Å². The maximum atomic E-state index is 12.1. The normalized spacial score (nSPS) is 31.7. The number of hydrogen-bond acceptors (Lipinski definition) is 3. The van der Waals surface area contributed by atoms with Gasteiger partial charge in [-0.2, -0.15) is 0 Å². The first kappa shape index (κ1) is 12.2. The van der Waals surface area contributed by atoms with Crippen LogP contribution in [0.15, 0.2) is 0 Å². The van der Waals surface area contributed by atoms with Gasteiger partial charge in [-0.05, 0) is 46.0 Å². The van der Waals surface area contributed by atoms with Gasteiger partial charge in [0.15, 0.2) is 0 Å². The summed E-state index contributed by atoms with van der Waals surface area (Å²) in [4.78, 5) is 25.1. The van der Waals surface area contributed by atoms with Gasteiger partial charge >= 0.3 is 6.09 Å². The first-order chi connectivity index (χ1) is 7.79. The summed E-state index contributed by atoms with van der Waals surface area (Å²) in [6.07, 6.45) is 2.41. The van der Waals surface area contributed by atoms with Crippen LogP contribution in [0.4, 0.5) is 4.79 Å². The van der Waals surface area contributed by atoms with E-state index in [9.17, 15) is 9.59 Å². The largest absolute Gasteiger partial charge is 0.444 e. The highest BCUT2D eigenvalue weighted by atomic mass is 16.6. The molecule has 2 N–H and O–H groups in total. The lowest BCUT2D eigenvalue weighted by Crippen LogP contribution is -2.52. The summed E-state index contributed by atoms with van der Waals surface area (Å²) in [6.45, 7) is 5.45. The Hall–Kier alpha value is -1.26. The number of likely N-dealkylation sites (tertiary alicyclic amines) is 1. The number of nitrogens with two attached hydrogens (primary N) is 1. The van der Waals surface area contributed by atoms with Gasteiger partial charge in [0, 0.05) is 6.04 Å². The number of carbonyl (C=O) groups excluding carboxylic acids is 2. The molecule has 2 amide bonds. The van der Waals surface area contributed by atoms with Crippen LogP contribution in [0.5, 0.6) is 0 Å². The molecule has 96 valence electrons. The van der Waals surface area contributed by atoms with Gasteiger partial charge in [-0.25, -0.2) is 4.79 Å². The van der Waals surface area contributed by atoms with Gasteiger partial charge in [-0.3, -0.25) is 9.69 Å². The fourth-order valence-electron chi connectivity index (χ4n) is 2.93. The summed E-state index contributed by atoms with van der Waals surface area (Å²) < 4.78 is 5.33. The first-order valence-electron chi connectivity index (χ1n) is 6.10. The molecule has 2 bridgehead atoms. The molecular weight excluding hydrogens is 220 g/mol. The van der Waals surface area contributed by atoms with Crippen molar-refractivity contribution in [1.82, 2.24) is 4.90 Å². The second kappa shape index (κ2) is 3.89. The van der Waals surface area contributed by atoms with E-state index in [-0.39, 0.29) is 12.0 Å². The van der Waals surface area contributed by atoms with Crippen LogP contribution in [0, 0.1) is 5.92 Å². The van der Waals surface area contributed by atoms with Gasteiger partial charge in [0.1, 0.15) is 11.6 Å². The average molecular weight is 240 g/mol. The third-order valence-corrected chi connectivity index (χ3v) is 3.48. The van der Waals surface area contributed by atoms with E-state index in [0.717, 1.165) is 19.3 Å². The molecule has 1 saturated carbocycles. The summed E-state index contributed by atoms with van der Waals surface area (Å²) in [5.41, 5.74) is 4.85. The Kier molecular flexibility index (Phi) is 2.79. The number of ether oxygens (including phenoxy) is 1. The van der Waals surface area contributed by atoms with Crippen LogP contribution in [0.2, 0.25) is 0 Å².